The average Bonchev–Trinajstić information content (AvgIpc) is 3.05. The largest absolute Gasteiger partial charge is 0.490 e. The summed E-state index contributed by atoms with van der Waals surface area (Å²) in [5.74, 6) is 1.39. The molecule has 2 N–H and O–H groups in total. The van der Waals surface area contributed by atoms with E-state index in [2.05, 4.69) is 36.9 Å². The lowest BCUT2D eigenvalue weighted by Gasteiger charge is -2.44. The molecule has 41 heavy (non-hydrogen) atoms. The highest BCUT2D eigenvalue weighted by molar-refractivity contribution is 6.30. The van der Waals surface area contributed by atoms with Gasteiger partial charge in [-0.25, -0.2) is 0 Å². The molecule has 0 bridgehead atoms. The first-order valence-electron chi connectivity index (χ1n) is 15.1. The van der Waals surface area contributed by atoms with Gasteiger partial charge in [0.05, 0.1) is 24.5 Å². The van der Waals surface area contributed by atoms with E-state index in [0.717, 1.165) is 67.2 Å². The van der Waals surface area contributed by atoms with Crippen LogP contribution in [-0.4, -0.2) is 60.4 Å². The summed E-state index contributed by atoms with van der Waals surface area (Å²) in [5.41, 5.74) is 4.11. The molecule has 1 amide bonds. The molecule has 0 saturated heterocycles. The Balaban J connectivity index is 1.58. The van der Waals surface area contributed by atoms with E-state index in [1.54, 1.807) is 25.8 Å². The second-order valence-corrected chi connectivity index (χ2v) is 12.8. The minimum Gasteiger partial charge on any atom is -0.490 e. The van der Waals surface area contributed by atoms with E-state index in [9.17, 15) is 15.0 Å². The van der Waals surface area contributed by atoms with Crippen LogP contribution in [0.5, 0.6) is 5.75 Å². The number of hydrogen-bond acceptors (Lipinski definition) is 5. The lowest BCUT2D eigenvalue weighted by atomic mass is 9.70. The molecule has 1 fully saturated rings. The average molecular weight is 583 g/mol. The summed E-state index contributed by atoms with van der Waals surface area (Å²) < 4.78 is 6.51. The number of benzene rings is 2. The highest BCUT2D eigenvalue weighted by atomic mass is 35.5. The topological polar surface area (TPSA) is 73.2 Å². The van der Waals surface area contributed by atoms with E-state index in [1.807, 2.05) is 30.4 Å². The van der Waals surface area contributed by atoms with Crippen LogP contribution in [0.1, 0.15) is 76.2 Å². The van der Waals surface area contributed by atoms with E-state index < -0.39 is 12.2 Å². The van der Waals surface area contributed by atoms with Crippen molar-refractivity contribution in [2.24, 2.45) is 11.8 Å². The van der Waals surface area contributed by atoms with Crippen molar-refractivity contribution >= 4 is 23.2 Å². The molecule has 6 nitrogen and oxygen atoms in total. The molecular weight excluding hydrogens is 536 g/mol. The summed E-state index contributed by atoms with van der Waals surface area (Å²) in [6.07, 6.45) is 7.58. The zero-order valence-electron chi connectivity index (χ0n) is 25.3. The van der Waals surface area contributed by atoms with Crippen molar-refractivity contribution in [3.63, 3.8) is 0 Å². The van der Waals surface area contributed by atoms with E-state index in [4.69, 9.17) is 16.3 Å². The summed E-state index contributed by atoms with van der Waals surface area (Å²) in [6.45, 7) is 10.6. The molecule has 0 radical (unpaired) electrons. The number of amides is 1. The number of anilines is 1. The number of halogens is 1. The van der Waals surface area contributed by atoms with Crippen molar-refractivity contribution in [3.8, 4) is 5.75 Å². The van der Waals surface area contributed by atoms with E-state index >= 15 is 0 Å². The van der Waals surface area contributed by atoms with Crippen LogP contribution in [0.3, 0.4) is 0 Å². The fourth-order valence-corrected chi connectivity index (χ4v) is 6.46. The van der Waals surface area contributed by atoms with Crippen molar-refractivity contribution in [3.05, 3.63) is 70.3 Å². The van der Waals surface area contributed by atoms with Crippen molar-refractivity contribution in [1.29, 1.82) is 0 Å². The summed E-state index contributed by atoms with van der Waals surface area (Å²) in [7, 11) is 1.79. The third kappa shape index (κ3) is 7.46. The van der Waals surface area contributed by atoms with Gasteiger partial charge in [-0.1, -0.05) is 56.2 Å². The Labute approximate surface area is 251 Å². The monoisotopic (exact) mass is 582 g/mol. The molecule has 1 saturated carbocycles. The van der Waals surface area contributed by atoms with Crippen LogP contribution in [0, 0.1) is 11.8 Å². The standard InChI is InChI=1S/C34H47ClN2O4/c1-6-9-26-18-28(35)13-15-30(26)34(4)21-37(31-19-25(23(2)38)12-16-33(31)41-22-34)20-27-11-14-29(27)32(40)10-7-8-17-36(5)24(3)39/h7,10,12-13,15-16,18-19,23,27,29,32,38,40H,6,8-9,11,14,17,20-22H2,1-5H3/b10-7+. The van der Waals surface area contributed by atoms with Gasteiger partial charge >= 0.3 is 0 Å². The van der Waals surface area contributed by atoms with E-state index in [0.29, 0.717) is 19.1 Å². The molecule has 0 aromatic heterocycles. The SMILES string of the molecule is CCCc1cc(Cl)ccc1C1(C)COc2ccc(C(C)O)cc2N(CC2CCC2C(O)/C=C/CCN(C)C(C)=O)C1. The van der Waals surface area contributed by atoms with Gasteiger partial charge in [0.2, 0.25) is 5.91 Å². The predicted molar refractivity (Wildman–Crippen MR) is 167 cm³/mol. The molecule has 1 aliphatic heterocycles. The van der Waals surface area contributed by atoms with Gasteiger partial charge in [-0.2, -0.15) is 0 Å². The van der Waals surface area contributed by atoms with E-state index in [1.165, 1.54) is 11.1 Å². The second-order valence-electron chi connectivity index (χ2n) is 12.3. The van der Waals surface area contributed by atoms with Gasteiger partial charge in [0, 0.05) is 44.0 Å². The van der Waals surface area contributed by atoms with Crippen LogP contribution in [0.4, 0.5) is 5.69 Å². The number of aliphatic hydroxyl groups excluding tert-OH is 2. The van der Waals surface area contributed by atoms with Crippen LogP contribution in [-0.2, 0) is 16.6 Å². The molecule has 2 aromatic carbocycles. The third-order valence-electron chi connectivity index (χ3n) is 9.00. The van der Waals surface area contributed by atoms with Gasteiger partial charge < -0.3 is 24.7 Å². The lowest BCUT2D eigenvalue weighted by molar-refractivity contribution is -0.127. The maximum atomic E-state index is 11.5. The van der Waals surface area contributed by atoms with Crippen molar-refractivity contribution in [2.75, 3.05) is 38.2 Å². The highest BCUT2D eigenvalue weighted by Gasteiger charge is 2.41. The van der Waals surface area contributed by atoms with Crippen molar-refractivity contribution in [1.82, 2.24) is 4.90 Å². The van der Waals surface area contributed by atoms with Gasteiger partial charge in [0.1, 0.15) is 5.75 Å². The van der Waals surface area contributed by atoms with Gasteiger partial charge in [-0.3, -0.25) is 4.79 Å². The molecule has 5 unspecified atom stereocenters. The summed E-state index contributed by atoms with van der Waals surface area (Å²) in [6, 6.07) is 12.2. The Bertz CT molecular complexity index is 1230. The summed E-state index contributed by atoms with van der Waals surface area (Å²) >= 11 is 6.42. The number of fused-ring (bicyclic) bond motifs is 1. The normalized spacial score (nSPS) is 23.8. The summed E-state index contributed by atoms with van der Waals surface area (Å²) in [4.78, 5) is 15.6. The fourth-order valence-electron chi connectivity index (χ4n) is 6.26. The number of aliphatic hydroxyl groups is 2. The maximum Gasteiger partial charge on any atom is 0.219 e. The molecule has 7 heteroatoms. The molecule has 1 aliphatic carbocycles. The first-order valence-corrected chi connectivity index (χ1v) is 15.4. The summed E-state index contributed by atoms with van der Waals surface area (Å²) in [5, 5.41) is 22.2. The highest BCUT2D eigenvalue weighted by Crippen LogP contribution is 2.44. The molecular formula is C34H47ClN2O4. The smallest absolute Gasteiger partial charge is 0.219 e. The molecule has 1 heterocycles. The van der Waals surface area contributed by atoms with Gasteiger partial charge in [-0.15, -0.1) is 0 Å². The minimum absolute atomic E-state index is 0.0471. The van der Waals surface area contributed by atoms with Crippen LogP contribution in [0.15, 0.2) is 48.6 Å². The Morgan fingerprint density at radius 2 is 2.02 bits per heavy atom. The molecule has 4 rings (SSSR count). The van der Waals surface area contributed by atoms with Crippen LogP contribution >= 0.6 is 11.6 Å². The first kappa shape index (κ1) is 31.4. The molecule has 2 aliphatic rings. The maximum absolute atomic E-state index is 11.5. The Morgan fingerprint density at radius 1 is 1.24 bits per heavy atom. The number of rotatable bonds is 11. The van der Waals surface area contributed by atoms with Crippen LogP contribution in [0.2, 0.25) is 5.02 Å². The molecule has 2 aromatic rings. The zero-order valence-corrected chi connectivity index (χ0v) is 26.0. The first-order chi connectivity index (χ1) is 19.5. The Hall–Kier alpha value is -2.54. The predicted octanol–water partition coefficient (Wildman–Crippen LogP) is 6.31. The Morgan fingerprint density at radius 3 is 2.68 bits per heavy atom. The van der Waals surface area contributed by atoms with Crippen molar-refractivity contribution in [2.45, 2.75) is 77.4 Å². The van der Waals surface area contributed by atoms with Gasteiger partial charge in [0.15, 0.2) is 0 Å². The number of carbonyl (C=O) groups is 1. The number of carbonyl (C=O) groups excluding carboxylic acids is 1. The van der Waals surface area contributed by atoms with Crippen LogP contribution < -0.4 is 9.64 Å². The number of nitrogens with zero attached hydrogens (tertiary/aromatic N) is 2. The number of aryl methyl sites for hydroxylation is 1. The van der Waals surface area contributed by atoms with Gasteiger partial charge in [0.25, 0.3) is 0 Å². The molecule has 0 spiro atoms. The fraction of sp³-hybridized carbons (Fsp3) is 0.559. The Kier molecular flexibility index (Phi) is 10.4. The quantitative estimate of drug-likeness (QED) is 0.304. The lowest BCUT2D eigenvalue weighted by Crippen LogP contribution is -2.47. The number of hydrogen-bond donors (Lipinski definition) is 2. The van der Waals surface area contributed by atoms with Crippen molar-refractivity contribution < 1.29 is 19.7 Å². The van der Waals surface area contributed by atoms with Crippen LogP contribution in [0.25, 0.3) is 0 Å². The molecule has 5 atom stereocenters. The third-order valence-corrected chi connectivity index (χ3v) is 9.24. The zero-order chi connectivity index (χ0) is 29.7. The van der Waals surface area contributed by atoms with Gasteiger partial charge in [-0.05, 0) is 85.4 Å². The number of ether oxygens (including phenoxy) is 1. The second kappa shape index (κ2) is 13.6. The molecule has 224 valence electrons. The van der Waals surface area contributed by atoms with E-state index in [-0.39, 0.29) is 17.2 Å². The minimum atomic E-state index is -0.574.